The summed E-state index contributed by atoms with van der Waals surface area (Å²) < 4.78 is 0. The number of piperidine rings is 1. The van der Waals surface area contributed by atoms with Crippen LogP contribution in [0.2, 0.25) is 0 Å². The van der Waals surface area contributed by atoms with Crippen LogP contribution in [-0.2, 0) is 0 Å². The number of nitrogens with zero attached hydrogens (tertiary/aromatic N) is 5. The van der Waals surface area contributed by atoms with Gasteiger partial charge in [-0.25, -0.2) is 10.0 Å². The van der Waals surface area contributed by atoms with Gasteiger partial charge in [-0.05, 0) is 33.2 Å². The Kier molecular flexibility index (Phi) is 4.62. The lowest BCUT2D eigenvalue weighted by Crippen LogP contribution is -2.61. The van der Waals surface area contributed by atoms with Crippen molar-refractivity contribution in [3.05, 3.63) is 0 Å². The highest BCUT2D eigenvalue weighted by molar-refractivity contribution is 5.05. The molecule has 5 unspecified atom stereocenters. The fraction of sp³-hybridized carbons (Fsp3) is 0.933. The molecule has 0 aromatic rings. The van der Waals surface area contributed by atoms with E-state index in [1.54, 1.807) is 0 Å². The molecule has 0 amide bonds. The molecule has 5 atom stereocenters. The van der Waals surface area contributed by atoms with Crippen molar-refractivity contribution in [2.24, 2.45) is 11.3 Å². The van der Waals surface area contributed by atoms with E-state index in [1.807, 2.05) is 7.05 Å². The monoisotopic (exact) mass is 295 g/mol. The minimum atomic E-state index is -0.288. The van der Waals surface area contributed by atoms with E-state index >= 15 is 0 Å². The van der Waals surface area contributed by atoms with Gasteiger partial charge in [0, 0.05) is 26.7 Å². The Hall–Kier alpha value is -0.710. The molecule has 0 radical (unpaired) electrons. The van der Waals surface area contributed by atoms with E-state index in [4.69, 9.17) is 0 Å². The van der Waals surface area contributed by atoms with Crippen molar-refractivity contribution in [3.63, 3.8) is 0 Å². The Bertz CT molecular complexity index is 425. The lowest BCUT2D eigenvalue weighted by molar-refractivity contribution is -0.203. The molecule has 2 heterocycles. The zero-order chi connectivity index (χ0) is 15.9. The summed E-state index contributed by atoms with van der Waals surface area (Å²) in [6.45, 7) is 7.29. The van der Waals surface area contributed by atoms with Crippen LogP contribution < -0.4 is 0 Å². The summed E-state index contributed by atoms with van der Waals surface area (Å²) in [4.78, 5) is 2.27. The van der Waals surface area contributed by atoms with Crippen LogP contribution in [0.25, 0.3) is 0 Å². The predicted octanol–water partition coefficient (Wildman–Crippen LogP) is 0.573. The van der Waals surface area contributed by atoms with Crippen LogP contribution in [-0.4, -0.2) is 77.7 Å². The van der Waals surface area contributed by atoms with Crippen LogP contribution in [0, 0.1) is 22.7 Å². The van der Waals surface area contributed by atoms with Crippen molar-refractivity contribution in [2.45, 2.75) is 45.4 Å². The fourth-order valence-electron chi connectivity index (χ4n) is 3.77. The quantitative estimate of drug-likeness (QED) is 0.804. The van der Waals surface area contributed by atoms with E-state index in [-0.39, 0.29) is 30.3 Å². The lowest BCUT2D eigenvalue weighted by atomic mass is 9.74. The molecule has 2 rings (SSSR count). The first-order chi connectivity index (χ1) is 9.76. The highest BCUT2D eigenvalue weighted by Gasteiger charge is 2.48. The highest BCUT2D eigenvalue weighted by Crippen LogP contribution is 2.39. The van der Waals surface area contributed by atoms with Gasteiger partial charge in [0.05, 0.1) is 30.3 Å². The Labute approximate surface area is 128 Å². The first-order valence-electron chi connectivity index (χ1n) is 7.74. The molecule has 0 spiro atoms. The van der Waals surface area contributed by atoms with Gasteiger partial charge in [-0.1, -0.05) is 6.92 Å². The van der Waals surface area contributed by atoms with Crippen molar-refractivity contribution in [3.8, 4) is 6.07 Å². The van der Waals surface area contributed by atoms with Gasteiger partial charge in [0.1, 0.15) is 0 Å². The van der Waals surface area contributed by atoms with Gasteiger partial charge in [-0.15, -0.1) is 0 Å². The van der Waals surface area contributed by atoms with Crippen molar-refractivity contribution in [2.75, 3.05) is 34.3 Å². The molecule has 0 aromatic carbocycles. The Morgan fingerprint density at radius 2 is 1.86 bits per heavy atom. The minimum absolute atomic E-state index is 0.114. The molecule has 2 aliphatic rings. The number of likely N-dealkylation sites (N-methyl/N-ethyl adjacent to an activating group) is 2. The van der Waals surface area contributed by atoms with Gasteiger partial charge in [-0.2, -0.15) is 10.4 Å². The van der Waals surface area contributed by atoms with Gasteiger partial charge < -0.3 is 5.11 Å². The van der Waals surface area contributed by atoms with Crippen LogP contribution in [0.4, 0.5) is 0 Å². The van der Waals surface area contributed by atoms with Gasteiger partial charge in [0.15, 0.2) is 0 Å². The third kappa shape index (κ3) is 2.58. The standard InChI is InChI=1S/C15H29N5O/c1-11-7-14(17(4)10-15(11,3)9-16)20-18(5)12(2)13(8-21)19(20)6/h11-14,21H,7-8,10H2,1-6H3. The third-order valence-electron chi connectivity index (χ3n) is 5.72. The molecular weight excluding hydrogens is 266 g/mol. The molecule has 6 heteroatoms. The van der Waals surface area contributed by atoms with Crippen LogP contribution in [0.1, 0.15) is 27.2 Å². The van der Waals surface area contributed by atoms with E-state index in [0.717, 1.165) is 13.0 Å². The molecule has 0 aliphatic carbocycles. The molecule has 0 aromatic heterocycles. The minimum Gasteiger partial charge on any atom is -0.395 e. The first-order valence-corrected chi connectivity index (χ1v) is 7.74. The number of nitriles is 1. The SMILES string of the molecule is CC1C(CO)N(C)N(C2CC(C)C(C)(C#N)CN2C)N1C. The summed E-state index contributed by atoms with van der Waals surface area (Å²) >= 11 is 0. The molecule has 0 bridgehead atoms. The summed E-state index contributed by atoms with van der Waals surface area (Å²) in [7, 11) is 6.20. The van der Waals surface area contributed by atoms with Crippen LogP contribution in [0.15, 0.2) is 0 Å². The van der Waals surface area contributed by atoms with Crippen molar-refractivity contribution in [1.82, 2.24) is 20.0 Å². The number of hydrogen-bond acceptors (Lipinski definition) is 6. The molecular formula is C15H29N5O. The average Bonchev–Trinajstić information content (AvgIpc) is 2.65. The number of hydrazine groups is 2. The number of aliphatic hydroxyl groups excluding tert-OH is 1. The van der Waals surface area contributed by atoms with E-state index in [2.05, 4.69) is 61.0 Å². The molecule has 2 fully saturated rings. The zero-order valence-electron chi connectivity index (χ0n) is 14.1. The van der Waals surface area contributed by atoms with Crippen LogP contribution in [0.3, 0.4) is 0 Å². The van der Waals surface area contributed by atoms with Crippen molar-refractivity contribution >= 4 is 0 Å². The van der Waals surface area contributed by atoms with Crippen molar-refractivity contribution < 1.29 is 5.11 Å². The van der Waals surface area contributed by atoms with E-state index < -0.39 is 0 Å². The summed E-state index contributed by atoms with van der Waals surface area (Å²) in [5.74, 6) is 0.342. The Morgan fingerprint density at radius 3 is 2.33 bits per heavy atom. The molecule has 0 saturated carbocycles. The summed E-state index contributed by atoms with van der Waals surface area (Å²) in [6, 6.07) is 2.88. The molecule has 21 heavy (non-hydrogen) atoms. The van der Waals surface area contributed by atoms with Gasteiger partial charge in [0.2, 0.25) is 0 Å². The summed E-state index contributed by atoms with van der Waals surface area (Å²) in [5.41, 5.74) is -0.288. The summed E-state index contributed by atoms with van der Waals surface area (Å²) in [6.07, 6.45) is 1.18. The average molecular weight is 295 g/mol. The van der Waals surface area contributed by atoms with Crippen LogP contribution >= 0.6 is 0 Å². The number of hydrogen-bond donors (Lipinski definition) is 1. The smallest absolute Gasteiger partial charge is 0.0922 e. The number of likely N-dealkylation sites (tertiary alicyclic amines) is 1. The van der Waals surface area contributed by atoms with Gasteiger partial charge >= 0.3 is 0 Å². The Balaban J connectivity index is 2.21. The van der Waals surface area contributed by atoms with Crippen LogP contribution in [0.5, 0.6) is 0 Å². The lowest BCUT2D eigenvalue weighted by Gasteiger charge is -2.50. The molecule has 2 aliphatic heterocycles. The topological polar surface area (TPSA) is 57.0 Å². The maximum atomic E-state index is 9.63. The predicted molar refractivity (Wildman–Crippen MR) is 81.6 cm³/mol. The summed E-state index contributed by atoms with van der Waals surface area (Å²) in [5, 5.41) is 25.7. The van der Waals surface area contributed by atoms with E-state index in [9.17, 15) is 10.4 Å². The molecule has 120 valence electrons. The molecule has 1 N–H and O–H groups in total. The van der Waals surface area contributed by atoms with Crippen molar-refractivity contribution in [1.29, 1.82) is 5.26 Å². The highest BCUT2D eigenvalue weighted by atomic mass is 16.3. The van der Waals surface area contributed by atoms with Gasteiger partial charge in [-0.3, -0.25) is 4.90 Å². The maximum absolute atomic E-state index is 9.63. The zero-order valence-corrected chi connectivity index (χ0v) is 14.1. The van der Waals surface area contributed by atoms with E-state index in [1.165, 1.54) is 0 Å². The third-order valence-corrected chi connectivity index (χ3v) is 5.72. The van der Waals surface area contributed by atoms with E-state index in [0.29, 0.717) is 5.92 Å². The number of rotatable bonds is 2. The normalized spacial score (nSPS) is 44.1. The largest absolute Gasteiger partial charge is 0.395 e. The fourth-order valence-corrected chi connectivity index (χ4v) is 3.77. The second-order valence-electron chi connectivity index (χ2n) is 7.02. The second kappa shape index (κ2) is 5.82. The maximum Gasteiger partial charge on any atom is 0.0922 e. The van der Waals surface area contributed by atoms with Gasteiger partial charge in [0.25, 0.3) is 0 Å². The second-order valence-corrected chi connectivity index (χ2v) is 7.02. The Morgan fingerprint density at radius 1 is 1.24 bits per heavy atom. The first kappa shape index (κ1) is 16.7. The molecule has 6 nitrogen and oxygen atoms in total. The number of aliphatic hydroxyl groups is 1. The molecule has 2 saturated heterocycles.